The first-order valence-corrected chi connectivity index (χ1v) is 6.34. The average molecular weight is 396 g/mol. The lowest BCUT2D eigenvalue weighted by Gasteiger charge is -2.14. The fourth-order valence-corrected chi connectivity index (χ4v) is 1.89. The van der Waals surface area contributed by atoms with Crippen LogP contribution in [0.15, 0.2) is 18.2 Å². The van der Waals surface area contributed by atoms with Crippen molar-refractivity contribution in [3.8, 4) is 0 Å². The first-order valence-electron chi connectivity index (χ1n) is 5.26. The topological polar surface area (TPSA) is 116 Å². The maximum Gasteiger partial charge on any atom is 0.326 e. The number of carboxylic acid groups (broad SMARTS) is 2. The third kappa shape index (κ3) is 4.99. The summed E-state index contributed by atoms with van der Waals surface area (Å²) in [6.45, 7) is 0. The Labute approximate surface area is 126 Å². The van der Waals surface area contributed by atoms with Crippen molar-refractivity contribution in [2.75, 3.05) is 5.32 Å². The molecule has 0 fully saturated rings. The molecule has 4 N–H and O–H groups in total. The summed E-state index contributed by atoms with van der Waals surface area (Å²) in [6.07, 6.45) is -0.747. The van der Waals surface area contributed by atoms with Crippen LogP contribution in [0, 0.1) is 9.39 Å². The van der Waals surface area contributed by atoms with Gasteiger partial charge in [-0.05, 0) is 40.8 Å². The van der Waals surface area contributed by atoms with Gasteiger partial charge in [0.2, 0.25) is 0 Å². The molecule has 9 heteroatoms. The summed E-state index contributed by atoms with van der Waals surface area (Å²) in [4.78, 5) is 32.8. The maximum atomic E-state index is 12.9. The van der Waals surface area contributed by atoms with Crippen LogP contribution < -0.4 is 10.6 Å². The Kier molecular flexibility index (Phi) is 5.67. The Hall–Kier alpha value is -1.91. The van der Waals surface area contributed by atoms with Gasteiger partial charge >= 0.3 is 18.0 Å². The molecule has 0 radical (unpaired) electrons. The highest BCUT2D eigenvalue weighted by Crippen LogP contribution is 2.18. The van der Waals surface area contributed by atoms with Crippen molar-refractivity contribution in [3.05, 3.63) is 27.6 Å². The predicted molar refractivity (Wildman–Crippen MR) is 74.9 cm³/mol. The number of anilines is 1. The summed E-state index contributed by atoms with van der Waals surface area (Å²) in [5.74, 6) is -3.29. The minimum atomic E-state index is -1.55. The van der Waals surface area contributed by atoms with E-state index >= 15 is 0 Å². The smallest absolute Gasteiger partial charge is 0.326 e. The molecule has 1 rings (SSSR count). The van der Waals surface area contributed by atoms with Gasteiger partial charge in [0.05, 0.1) is 12.1 Å². The van der Waals surface area contributed by atoms with Crippen LogP contribution in [-0.4, -0.2) is 34.2 Å². The lowest BCUT2D eigenvalue weighted by Crippen LogP contribution is -2.44. The normalized spacial score (nSPS) is 11.5. The van der Waals surface area contributed by atoms with E-state index in [0.717, 1.165) is 6.07 Å². The van der Waals surface area contributed by atoms with Crippen LogP contribution >= 0.6 is 22.6 Å². The summed E-state index contributed by atoms with van der Waals surface area (Å²) >= 11 is 1.79. The third-order valence-corrected chi connectivity index (χ3v) is 3.05. The lowest BCUT2D eigenvalue weighted by atomic mass is 10.2. The van der Waals surface area contributed by atoms with Gasteiger partial charge in [0.25, 0.3) is 0 Å². The van der Waals surface area contributed by atoms with Gasteiger partial charge in [0.1, 0.15) is 11.9 Å². The lowest BCUT2D eigenvalue weighted by molar-refractivity contribution is -0.145. The second-order valence-corrected chi connectivity index (χ2v) is 4.87. The van der Waals surface area contributed by atoms with Crippen LogP contribution in [0.2, 0.25) is 0 Å². The predicted octanol–water partition coefficient (Wildman–Crippen LogP) is 1.48. The molecule has 0 aliphatic rings. The molecule has 2 amide bonds. The second-order valence-electron chi connectivity index (χ2n) is 3.71. The highest BCUT2D eigenvalue weighted by molar-refractivity contribution is 14.1. The van der Waals surface area contributed by atoms with E-state index in [9.17, 15) is 18.8 Å². The molecule has 0 heterocycles. The quantitative estimate of drug-likeness (QED) is 0.563. The molecule has 0 saturated carbocycles. The van der Waals surface area contributed by atoms with Gasteiger partial charge in [0, 0.05) is 3.57 Å². The fraction of sp³-hybridized carbons (Fsp3) is 0.182. The molecule has 0 bridgehead atoms. The van der Waals surface area contributed by atoms with Crippen molar-refractivity contribution in [1.82, 2.24) is 5.32 Å². The van der Waals surface area contributed by atoms with Crippen LogP contribution in [0.25, 0.3) is 0 Å². The number of aliphatic carboxylic acids is 2. The number of amides is 2. The third-order valence-electron chi connectivity index (χ3n) is 2.16. The van der Waals surface area contributed by atoms with Gasteiger partial charge in [0.15, 0.2) is 0 Å². The monoisotopic (exact) mass is 396 g/mol. The Balaban J connectivity index is 2.70. The molecule has 7 nitrogen and oxygen atoms in total. The van der Waals surface area contributed by atoms with E-state index in [-0.39, 0.29) is 5.69 Å². The molecule has 108 valence electrons. The summed E-state index contributed by atoms with van der Waals surface area (Å²) in [5.41, 5.74) is 0.281. The zero-order valence-electron chi connectivity index (χ0n) is 9.89. The molecule has 1 atom stereocenters. The number of carbonyl (C=O) groups excluding carboxylic acids is 1. The summed E-state index contributed by atoms with van der Waals surface area (Å²) in [5, 5.41) is 21.6. The molecule has 20 heavy (non-hydrogen) atoms. The van der Waals surface area contributed by atoms with Crippen molar-refractivity contribution in [2.24, 2.45) is 0 Å². The number of nitrogens with one attached hydrogen (secondary N) is 2. The van der Waals surface area contributed by atoms with Crippen LogP contribution in [0.5, 0.6) is 0 Å². The number of carboxylic acids is 2. The Morgan fingerprint density at radius 2 is 1.95 bits per heavy atom. The van der Waals surface area contributed by atoms with Crippen molar-refractivity contribution in [2.45, 2.75) is 12.5 Å². The number of urea groups is 1. The Bertz CT molecular complexity index is 552. The minimum Gasteiger partial charge on any atom is -0.481 e. The van der Waals surface area contributed by atoms with E-state index in [0.29, 0.717) is 3.57 Å². The van der Waals surface area contributed by atoms with Crippen molar-refractivity contribution < 1.29 is 29.0 Å². The molecule has 1 aromatic rings. The molecule has 0 aliphatic heterocycles. The number of rotatable bonds is 5. The van der Waals surface area contributed by atoms with E-state index in [1.165, 1.54) is 12.1 Å². The van der Waals surface area contributed by atoms with Gasteiger partial charge in [-0.2, -0.15) is 0 Å². The Morgan fingerprint density at radius 3 is 2.45 bits per heavy atom. The number of halogens is 2. The molecule has 0 spiro atoms. The first kappa shape index (κ1) is 16.1. The van der Waals surface area contributed by atoms with Gasteiger partial charge in [-0.25, -0.2) is 14.0 Å². The average Bonchev–Trinajstić information content (AvgIpc) is 2.31. The van der Waals surface area contributed by atoms with Gasteiger partial charge in [-0.15, -0.1) is 0 Å². The SMILES string of the molecule is O=C(O)C[C@H](NC(=O)Nc1ccc(F)cc1I)C(=O)O. The number of hydrogen-bond donors (Lipinski definition) is 4. The van der Waals surface area contributed by atoms with E-state index in [1.807, 2.05) is 5.32 Å². The molecule has 0 unspecified atom stereocenters. The first-order chi connectivity index (χ1) is 9.29. The Morgan fingerprint density at radius 1 is 1.30 bits per heavy atom. The largest absolute Gasteiger partial charge is 0.481 e. The summed E-state index contributed by atoms with van der Waals surface area (Å²) in [7, 11) is 0. The highest BCUT2D eigenvalue weighted by Gasteiger charge is 2.23. The molecular formula is C11H10FIN2O5. The summed E-state index contributed by atoms with van der Waals surface area (Å²) < 4.78 is 13.3. The zero-order valence-corrected chi connectivity index (χ0v) is 12.0. The van der Waals surface area contributed by atoms with Gasteiger partial charge < -0.3 is 20.8 Å². The van der Waals surface area contributed by atoms with Crippen LogP contribution in [-0.2, 0) is 9.59 Å². The maximum absolute atomic E-state index is 12.9. The van der Waals surface area contributed by atoms with Gasteiger partial charge in [-0.1, -0.05) is 0 Å². The van der Waals surface area contributed by atoms with Crippen LogP contribution in [0.1, 0.15) is 6.42 Å². The van der Waals surface area contributed by atoms with Crippen molar-refractivity contribution >= 4 is 46.2 Å². The highest BCUT2D eigenvalue weighted by atomic mass is 127. The fourth-order valence-electron chi connectivity index (χ4n) is 1.28. The molecule has 0 aliphatic carbocycles. The van der Waals surface area contributed by atoms with Crippen molar-refractivity contribution in [1.29, 1.82) is 0 Å². The molecule has 1 aromatic carbocycles. The van der Waals surface area contributed by atoms with E-state index in [1.54, 1.807) is 22.6 Å². The van der Waals surface area contributed by atoms with E-state index in [2.05, 4.69) is 5.32 Å². The van der Waals surface area contributed by atoms with E-state index < -0.39 is 36.2 Å². The van der Waals surface area contributed by atoms with Crippen LogP contribution in [0.4, 0.5) is 14.9 Å². The van der Waals surface area contributed by atoms with Crippen molar-refractivity contribution in [3.63, 3.8) is 0 Å². The molecule has 0 aromatic heterocycles. The standard InChI is InChI=1S/C11H10FIN2O5/c12-5-1-2-7(6(13)3-5)14-11(20)15-8(10(18)19)4-9(16)17/h1-3,8H,4H2,(H,16,17)(H,18,19)(H2,14,15,20)/t8-/m0/s1. The number of carbonyl (C=O) groups is 3. The minimum absolute atomic E-state index is 0.281. The number of benzene rings is 1. The van der Waals surface area contributed by atoms with Crippen LogP contribution in [0.3, 0.4) is 0 Å². The number of hydrogen-bond acceptors (Lipinski definition) is 3. The zero-order chi connectivity index (χ0) is 15.3. The van der Waals surface area contributed by atoms with Gasteiger partial charge in [-0.3, -0.25) is 4.79 Å². The van der Waals surface area contributed by atoms with E-state index in [4.69, 9.17) is 10.2 Å². The molecule has 0 saturated heterocycles. The second kappa shape index (κ2) is 7.03. The molecular weight excluding hydrogens is 386 g/mol. The summed E-state index contributed by atoms with van der Waals surface area (Å²) in [6, 6.07) is 1.18.